The fourth-order valence-electron chi connectivity index (χ4n) is 2.42. The van der Waals surface area contributed by atoms with E-state index in [1.54, 1.807) is 65.4 Å². The average molecular weight is 456 g/mol. The van der Waals surface area contributed by atoms with Crippen molar-refractivity contribution in [3.8, 4) is 5.69 Å². The first-order valence-corrected chi connectivity index (χ1v) is 10.3. The van der Waals surface area contributed by atoms with Crippen LogP contribution in [0.15, 0.2) is 94.9 Å². The number of hydrogen-bond donors (Lipinski definition) is 4. The minimum Gasteiger partial charge on any atom is -0.369 e. The van der Waals surface area contributed by atoms with E-state index in [1.165, 1.54) is 24.4 Å². The molecule has 166 valence electrons. The first-order valence-electron chi connectivity index (χ1n) is 8.89. The first-order chi connectivity index (χ1) is 15.2. The van der Waals surface area contributed by atoms with Gasteiger partial charge in [0.25, 0.3) is 15.8 Å². The Morgan fingerprint density at radius 3 is 2.34 bits per heavy atom. The van der Waals surface area contributed by atoms with Crippen LogP contribution in [-0.2, 0) is 10.1 Å². The lowest BCUT2D eigenvalue weighted by Crippen LogP contribution is -2.24. The Morgan fingerprint density at radius 1 is 1.09 bits per heavy atom. The molecule has 0 bridgehead atoms. The summed E-state index contributed by atoms with van der Waals surface area (Å²) >= 11 is 0. The van der Waals surface area contributed by atoms with Crippen LogP contribution < -0.4 is 16.9 Å². The highest BCUT2D eigenvalue weighted by Gasteiger charge is 2.14. The van der Waals surface area contributed by atoms with Crippen LogP contribution in [0.2, 0.25) is 0 Å². The molecule has 0 radical (unpaired) electrons. The highest BCUT2D eigenvalue weighted by Crippen LogP contribution is 2.24. The number of hydrogen-bond acceptors (Lipinski definition) is 6. The molecule has 1 aromatic heterocycles. The van der Waals surface area contributed by atoms with E-state index in [0.29, 0.717) is 5.69 Å². The Kier molecular flexibility index (Phi) is 8.31. The van der Waals surface area contributed by atoms with Crippen LogP contribution in [0.5, 0.6) is 0 Å². The third-order valence-corrected chi connectivity index (χ3v) is 4.60. The molecule has 0 unspecified atom stereocenters. The Hall–Kier alpha value is -4.38. The van der Waals surface area contributed by atoms with Gasteiger partial charge in [-0.2, -0.15) is 8.42 Å². The summed E-state index contributed by atoms with van der Waals surface area (Å²) in [6.45, 7) is 0. The van der Waals surface area contributed by atoms with Gasteiger partial charge in [0.15, 0.2) is 0 Å². The van der Waals surface area contributed by atoms with Gasteiger partial charge >= 0.3 is 0 Å². The number of nitrogens with one attached hydrogen (secondary N) is 1. The van der Waals surface area contributed by atoms with E-state index < -0.39 is 15.0 Å². The number of rotatable bonds is 6. The molecule has 11 nitrogen and oxygen atoms in total. The Labute approximate surface area is 183 Å². The maximum Gasteiger partial charge on any atom is 0.294 e. The van der Waals surface area contributed by atoms with E-state index in [-0.39, 0.29) is 16.5 Å². The zero-order chi connectivity index (χ0) is 23.6. The van der Waals surface area contributed by atoms with Crippen molar-refractivity contribution in [3.05, 3.63) is 101 Å². The zero-order valence-electron chi connectivity index (χ0n) is 16.6. The number of nitro groups is 1. The minimum absolute atomic E-state index is 0.0240. The predicted molar refractivity (Wildman–Crippen MR) is 120 cm³/mol. The normalized spacial score (nSPS) is 10.0. The van der Waals surface area contributed by atoms with Gasteiger partial charge in [0.2, 0.25) is 5.96 Å². The molecule has 0 amide bonds. The van der Waals surface area contributed by atoms with E-state index in [2.05, 4.69) is 16.3 Å². The molecule has 0 atom stereocenters. The van der Waals surface area contributed by atoms with Crippen molar-refractivity contribution in [2.24, 2.45) is 16.6 Å². The van der Waals surface area contributed by atoms with E-state index in [1.807, 2.05) is 0 Å². The van der Waals surface area contributed by atoms with Gasteiger partial charge in [0.1, 0.15) is 5.69 Å². The molecule has 2 aromatic carbocycles. The molecular weight excluding hydrogens is 436 g/mol. The SMILES string of the molecule is NC(N)=NNC=C=Cc1cccn1-c1ccccc1[N+](=O)[O-].O=S(=O)(O)c1ccccc1. The second kappa shape index (κ2) is 11.1. The van der Waals surface area contributed by atoms with Crippen molar-refractivity contribution in [1.29, 1.82) is 0 Å². The second-order valence-corrected chi connectivity index (χ2v) is 7.38. The molecule has 6 N–H and O–H groups in total. The fourth-order valence-corrected chi connectivity index (χ4v) is 2.92. The standard InChI is InChI=1S/C14H14N6O2.C6H6O3S/c15-14(16)18-17-9-3-5-11-6-4-10-19(11)12-7-1-2-8-13(12)20(21)22;7-10(8,9)6-4-2-1-3-5-6/h1-2,4-10,17H,(H4,15,16,18);1-5H,(H,7,8,9). The van der Waals surface area contributed by atoms with Crippen LogP contribution in [0.1, 0.15) is 5.69 Å². The van der Waals surface area contributed by atoms with Crippen LogP contribution in [0.25, 0.3) is 11.8 Å². The Morgan fingerprint density at radius 2 is 1.75 bits per heavy atom. The summed E-state index contributed by atoms with van der Waals surface area (Å²) in [6.07, 6.45) is 4.79. The fraction of sp³-hybridized carbons (Fsp3) is 0. The van der Waals surface area contributed by atoms with Gasteiger partial charge in [-0.15, -0.1) is 5.10 Å². The van der Waals surface area contributed by atoms with Crippen LogP contribution in [-0.4, -0.2) is 28.4 Å². The molecule has 0 spiro atoms. The van der Waals surface area contributed by atoms with Gasteiger partial charge in [-0.3, -0.25) is 20.1 Å². The number of nitro benzene ring substituents is 1. The maximum absolute atomic E-state index is 11.1. The number of para-hydroxylation sites is 2. The highest BCUT2D eigenvalue weighted by molar-refractivity contribution is 7.85. The van der Waals surface area contributed by atoms with Gasteiger partial charge in [-0.1, -0.05) is 36.1 Å². The van der Waals surface area contributed by atoms with Crippen molar-refractivity contribution >= 4 is 27.8 Å². The van der Waals surface area contributed by atoms with Gasteiger partial charge in [0, 0.05) is 18.3 Å². The molecule has 0 aliphatic rings. The van der Waals surface area contributed by atoms with Crippen molar-refractivity contribution in [3.63, 3.8) is 0 Å². The molecule has 0 saturated heterocycles. The lowest BCUT2D eigenvalue weighted by molar-refractivity contribution is -0.384. The second-order valence-electron chi connectivity index (χ2n) is 5.96. The van der Waals surface area contributed by atoms with E-state index in [9.17, 15) is 18.5 Å². The van der Waals surface area contributed by atoms with Crippen LogP contribution in [0.3, 0.4) is 0 Å². The number of nitrogens with two attached hydrogens (primary N) is 2. The van der Waals surface area contributed by atoms with Crippen LogP contribution in [0, 0.1) is 10.1 Å². The summed E-state index contributed by atoms with van der Waals surface area (Å²) < 4.78 is 30.9. The third kappa shape index (κ3) is 7.15. The van der Waals surface area contributed by atoms with Crippen molar-refractivity contribution < 1.29 is 17.9 Å². The smallest absolute Gasteiger partial charge is 0.294 e. The quantitative estimate of drug-likeness (QED) is 0.109. The molecule has 0 aliphatic carbocycles. The van der Waals surface area contributed by atoms with Gasteiger partial charge < -0.3 is 16.0 Å². The van der Waals surface area contributed by atoms with Gasteiger partial charge in [-0.05, 0) is 30.3 Å². The van der Waals surface area contributed by atoms with Crippen molar-refractivity contribution in [2.45, 2.75) is 4.90 Å². The Bertz CT molecular complexity index is 1260. The summed E-state index contributed by atoms with van der Waals surface area (Å²) in [7, 11) is -4.00. The number of nitrogens with zero attached hydrogens (tertiary/aromatic N) is 3. The van der Waals surface area contributed by atoms with Crippen LogP contribution >= 0.6 is 0 Å². The molecule has 0 saturated carbocycles. The summed E-state index contributed by atoms with van der Waals surface area (Å²) in [5.41, 5.74) is 16.8. The molecule has 3 aromatic rings. The number of aromatic nitrogens is 1. The van der Waals surface area contributed by atoms with Crippen molar-refractivity contribution in [1.82, 2.24) is 9.99 Å². The van der Waals surface area contributed by atoms with E-state index in [4.69, 9.17) is 16.0 Å². The third-order valence-electron chi connectivity index (χ3n) is 3.73. The topological polar surface area (TPSA) is 179 Å². The average Bonchev–Trinajstić information content (AvgIpc) is 3.22. The molecule has 12 heteroatoms. The molecule has 0 aliphatic heterocycles. The summed E-state index contributed by atoms with van der Waals surface area (Å²) in [5, 5.41) is 14.7. The Balaban J connectivity index is 0.000000303. The predicted octanol–water partition coefficient (Wildman–Crippen LogP) is 2.22. The monoisotopic (exact) mass is 456 g/mol. The molecule has 1 heterocycles. The lowest BCUT2D eigenvalue weighted by Gasteiger charge is -2.06. The molecule has 0 fully saturated rings. The van der Waals surface area contributed by atoms with Crippen molar-refractivity contribution in [2.75, 3.05) is 0 Å². The van der Waals surface area contributed by atoms with Gasteiger partial charge in [0.05, 0.1) is 21.7 Å². The number of benzene rings is 2. The summed E-state index contributed by atoms with van der Waals surface area (Å²) in [4.78, 5) is 10.6. The van der Waals surface area contributed by atoms with Crippen LogP contribution in [0.4, 0.5) is 5.69 Å². The number of hydrazone groups is 1. The highest BCUT2D eigenvalue weighted by atomic mass is 32.2. The molecular formula is C20H20N6O5S. The molecule has 32 heavy (non-hydrogen) atoms. The summed E-state index contributed by atoms with van der Waals surface area (Å²) in [6, 6.07) is 17.5. The van der Waals surface area contributed by atoms with E-state index >= 15 is 0 Å². The maximum atomic E-state index is 11.1. The van der Waals surface area contributed by atoms with Gasteiger partial charge in [-0.25, -0.2) is 0 Å². The first kappa shape index (κ1) is 23.9. The van der Waals surface area contributed by atoms with E-state index in [0.717, 1.165) is 5.69 Å². The molecule has 3 rings (SSSR count). The summed E-state index contributed by atoms with van der Waals surface area (Å²) in [5.74, 6) is -0.0960. The number of guanidine groups is 1. The largest absolute Gasteiger partial charge is 0.369 e. The lowest BCUT2D eigenvalue weighted by atomic mass is 10.2. The zero-order valence-corrected chi connectivity index (χ0v) is 17.4. The minimum atomic E-state index is -4.00.